The summed E-state index contributed by atoms with van der Waals surface area (Å²) in [5, 5.41) is 16.1. The average Bonchev–Trinajstić information content (AvgIpc) is 3.08. The van der Waals surface area contributed by atoms with Crippen molar-refractivity contribution in [3.05, 3.63) is 30.2 Å². The van der Waals surface area contributed by atoms with Crippen molar-refractivity contribution in [3.8, 4) is 11.4 Å². The Kier molecular flexibility index (Phi) is 5.33. The maximum absolute atomic E-state index is 12.5. The number of carbonyl (C=O) groups is 1. The fourth-order valence-corrected chi connectivity index (χ4v) is 3.24. The number of aryl methyl sites for hydroxylation is 1. The van der Waals surface area contributed by atoms with Crippen LogP contribution in [0.25, 0.3) is 11.4 Å². The molecule has 7 heteroatoms. The first-order chi connectivity index (χ1) is 12.1. The zero-order valence-electron chi connectivity index (χ0n) is 14.6. The Bertz CT molecular complexity index is 723. The number of nitrogens with zero attached hydrogens (tertiary/aromatic N) is 3. The van der Waals surface area contributed by atoms with Crippen molar-refractivity contribution in [1.29, 1.82) is 0 Å². The highest BCUT2D eigenvalue weighted by Gasteiger charge is 2.26. The normalized spacial score (nSPS) is 20.3. The number of benzene rings is 1. The first-order valence-corrected chi connectivity index (χ1v) is 8.62. The van der Waals surface area contributed by atoms with E-state index in [4.69, 9.17) is 4.52 Å². The minimum Gasteiger partial charge on any atom is -0.396 e. The molecule has 2 aromatic rings. The van der Waals surface area contributed by atoms with Gasteiger partial charge in [0, 0.05) is 37.9 Å². The summed E-state index contributed by atoms with van der Waals surface area (Å²) in [6.07, 6.45) is 3.78. The number of aliphatic hydroxyl groups is 1. The SMILES string of the molecule is Cc1nc(-c2cccc(NC(=O)N(C)C3CCC(CO)CC3)c2)no1. The number of urea groups is 1. The molecule has 1 heterocycles. The predicted octanol–water partition coefficient (Wildman–Crippen LogP) is 3.06. The van der Waals surface area contributed by atoms with Gasteiger partial charge in [0.1, 0.15) is 0 Å². The van der Waals surface area contributed by atoms with Gasteiger partial charge in [0.05, 0.1) is 0 Å². The van der Waals surface area contributed by atoms with Crippen molar-refractivity contribution in [2.24, 2.45) is 5.92 Å². The number of anilines is 1. The molecule has 134 valence electrons. The molecule has 0 atom stereocenters. The highest BCUT2D eigenvalue weighted by Crippen LogP contribution is 2.27. The number of aliphatic hydroxyl groups excluding tert-OH is 1. The van der Waals surface area contributed by atoms with Crippen LogP contribution < -0.4 is 5.32 Å². The lowest BCUT2D eigenvalue weighted by Gasteiger charge is -2.34. The van der Waals surface area contributed by atoms with Crippen LogP contribution in [-0.4, -0.2) is 45.9 Å². The van der Waals surface area contributed by atoms with Crippen molar-refractivity contribution in [3.63, 3.8) is 0 Å². The van der Waals surface area contributed by atoms with E-state index in [1.54, 1.807) is 11.8 Å². The molecule has 0 bridgehead atoms. The van der Waals surface area contributed by atoms with Crippen LogP contribution in [0, 0.1) is 12.8 Å². The molecule has 2 N–H and O–H groups in total. The van der Waals surface area contributed by atoms with E-state index in [1.165, 1.54) is 0 Å². The van der Waals surface area contributed by atoms with E-state index in [1.807, 2.05) is 31.3 Å². The molecule has 0 spiro atoms. The van der Waals surface area contributed by atoms with E-state index in [0.29, 0.717) is 23.3 Å². The van der Waals surface area contributed by atoms with E-state index in [-0.39, 0.29) is 18.7 Å². The molecule has 1 aliphatic carbocycles. The zero-order valence-corrected chi connectivity index (χ0v) is 14.6. The summed E-state index contributed by atoms with van der Waals surface area (Å²) in [5.41, 5.74) is 1.49. The molecule has 2 amide bonds. The number of aromatic nitrogens is 2. The maximum atomic E-state index is 12.5. The van der Waals surface area contributed by atoms with Gasteiger partial charge in [-0.05, 0) is 43.7 Å². The van der Waals surface area contributed by atoms with E-state index in [9.17, 15) is 9.90 Å². The van der Waals surface area contributed by atoms with Crippen molar-refractivity contribution in [2.45, 2.75) is 38.6 Å². The molecular formula is C18H24N4O3. The number of hydrogen-bond acceptors (Lipinski definition) is 5. The second-order valence-electron chi connectivity index (χ2n) is 6.62. The summed E-state index contributed by atoms with van der Waals surface area (Å²) >= 11 is 0. The Morgan fingerprint density at radius 3 is 2.76 bits per heavy atom. The topological polar surface area (TPSA) is 91.5 Å². The monoisotopic (exact) mass is 344 g/mol. The number of carbonyl (C=O) groups excluding carboxylic acids is 1. The Labute approximate surface area is 147 Å². The van der Waals surface area contributed by atoms with Gasteiger partial charge in [-0.15, -0.1) is 0 Å². The number of nitrogens with one attached hydrogen (secondary N) is 1. The van der Waals surface area contributed by atoms with Crippen molar-refractivity contribution < 1.29 is 14.4 Å². The molecule has 0 aliphatic heterocycles. The third-order valence-electron chi connectivity index (χ3n) is 4.84. The minimum atomic E-state index is -0.131. The molecule has 1 saturated carbocycles. The molecular weight excluding hydrogens is 320 g/mol. The zero-order chi connectivity index (χ0) is 17.8. The Morgan fingerprint density at radius 1 is 1.36 bits per heavy atom. The molecule has 0 radical (unpaired) electrons. The van der Waals surface area contributed by atoms with E-state index >= 15 is 0 Å². The first kappa shape index (κ1) is 17.4. The van der Waals surface area contributed by atoms with Gasteiger partial charge in [-0.25, -0.2) is 4.79 Å². The highest BCUT2D eigenvalue weighted by atomic mass is 16.5. The van der Waals surface area contributed by atoms with Crippen LogP contribution in [0.2, 0.25) is 0 Å². The molecule has 7 nitrogen and oxygen atoms in total. The summed E-state index contributed by atoms with van der Waals surface area (Å²) in [4.78, 5) is 18.5. The fourth-order valence-electron chi connectivity index (χ4n) is 3.24. The summed E-state index contributed by atoms with van der Waals surface area (Å²) < 4.78 is 5.00. The van der Waals surface area contributed by atoms with Gasteiger partial charge in [-0.2, -0.15) is 4.98 Å². The van der Waals surface area contributed by atoms with Gasteiger partial charge < -0.3 is 19.8 Å². The average molecular weight is 344 g/mol. The highest BCUT2D eigenvalue weighted by molar-refractivity contribution is 5.90. The molecule has 1 fully saturated rings. The minimum absolute atomic E-state index is 0.131. The van der Waals surface area contributed by atoms with Crippen LogP contribution >= 0.6 is 0 Å². The molecule has 0 unspecified atom stereocenters. The lowest BCUT2D eigenvalue weighted by atomic mass is 9.86. The van der Waals surface area contributed by atoms with Crippen LogP contribution in [0.15, 0.2) is 28.8 Å². The molecule has 25 heavy (non-hydrogen) atoms. The lowest BCUT2D eigenvalue weighted by molar-refractivity contribution is 0.139. The van der Waals surface area contributed by atoms with Gasteiger partial charge in [-0.1, -0.05) is 17.3 Å². The second-order valence-corrected chi connectivity index (χ2v) is 6.62. The third kappa shape index (κ3) is 4.17. The molecule has 1 aromatic heterocycles. The van der Waals surface area contributed by atoms with Crippen LogP contribution in [-0.2, 0) is 0 Å². The third-order valence-corrected chi connectivity index (χ3v) is 4.84. The van der Waals surface area contributed by atoms with Crippen LogP contribution in [0.4, 0.5) is 10.5 Å². The first-order valence-electron chi connectivity index (χ1n) is 8.62. The largest absolute Gasteiger partial charge is 0.396 e. The van der Waals surface area contributed by atoms with Gasteiger partial charge in [0.25, 0.3) is 0 Å². The van der Waals surface area contributed by atoms with Gasteiger partial charge in [0.2, 0.25) is 11.7 Å². The van der Waals surface area contributed by atoms with Crippen LogP contribution in [0.3, 0.4) is 0 Å². The van der Waals surface area contributed by atoms with Gasteiger partial charge in [0.15, 0.2) is 0 Å². The summed E-state index contributed by atoms with van der Waals surface area (Å²) in [6, 6.07) is 7.48. The Balaban J connectivity index is 1.63. The molecule has 0 saturated heterocycles. The van der Waals surface area contributed by atoms with Crippen molar-refractivity contribution in [2.75, 3.05) is 19.0 Å². The number of rotatable bonds is 4. The van der Waals surface area contributed by atoms with Gasteiger partial charge in [-0.3, -0.25) is 0 Å². The van der Waals surface area contributed by atoms with Crippen molar-refractivity contribution >= 4 is 11.7 Å². The van der Waals surface area contributed by atoms with Gasteiger partial charge >= 0.3 is 6.03 Å². The molecule has 3 rings (SSSR count). The van der Waals surface area contributed by atoms with Crippen LogP contribution in [0.1, 0.15) is 31.6 Å². The second kappa shape index (κ2) is 7.65. The quantitative estimate of drug-likeness (QED) is 0.889. The predicted molar refractivity (Wildman–Crippen MR) is 94.1 cm³/mol. The molecule has 1 aliphatic rings. The summed E-state index contributed by atoms with van der Waals surface area (Å²) in [6.45, 7) is 1.98. The maximum Gasteiger partial charge on any atom is 0.321 e. The van der Waals surface area contributed by atoms with Crippen LogP contribution in [0.5, 0.6) is 0 Å². The number of amides is 2. The summed E-state index contributed by atoms with van der Waals surface area (Å²) in [7, 11) is 1.83. The number of hydrogen-bond donors (Lipinski definition) is 2. The fraction of sp³-hybridized carbons (Fsp3) is 0.500. The molecule has 1 aromatic carbocycles. The Hall–Kier alpha value is -2.41. The standard InChI is InChI=1S/C18H24N4O3/c1-12-19-17(21-25-12)14-4-3-5-15(10-14)20-18(24)22(2)16-8-6-13(11-23)7-9-16/h3-5,10,13,16,23H,6-9,11H2,1-2H3,(H,20,24). The van der Waals surface area contributed by atoms with E-state index < -0.39 is 0 Å². The lowest BCUT2D eigenvalue weighted by Crippen LogP contribution is -2.42. The van der Waals surface area contributed by atoms with E-state index in [2.05, 4.69) is 15.5 Å². The summed E-state index contributed by atoms with van der Waals surface area (Å²) in [5.74, 6) is 1.38. The smallest absolute Gasteiger partial charge is 0.321 e. The van der Waals surface area contributed by atoms with Crippen molar-refractivity contribution in [1.82, 2.24) is 15.0 Å². The van der Waals surface area contributed by atoms with E-state index in [0.717, 1.165) is 31.2 Å². The Morgan fingerprint density at radius 2 is 2.12 bits per heavy atom.